The van der Waals surface area contributed by atoms with Crippen molar-refractivity contribution in [2.75, 3.05) is 18.0 Å². The molecule has 0 aliphatic carbocycles. The molecule has 2 heterocycles. The molecule has 1 aromatic heterocycles. The molecule has 2 rings (SSSR count). The average Bonchev–Trinajstić information content (AvgIpc) is 2.84. The molecule has 0 amide bonds. The standard InChI is InChI=1S/C13H17N3O4/c1-3-13(12(17)18)4-5-15(8-13)11-10(16(19)20)6-9(2)7-14-11/h6-7H,3-5,8H2,1-2H3,(H,17,18). The molecule has 1 saturated heterocycles. The van der Waals surface area contributed by atoms with E-state index in [2.05, 4.69) is 4.98 Å². The maximum absolute atomic E-state index is 11.4. The minimum absolute atomic E-state index is 0.0673. The van der Waals surface area contributed by atoms with Crippen LogP contribution in [-0.2, 0) is 4.79 Å². The lowest BCUT2D eigenvalue weighted by Gasteiger charge is -2.23. The predicted molar refractivity (Wildman–Crippen MR) is 72.8 cm³/mol. The second-order valence-electron chi connectivity index (χ2n) is 5.22. The summed E-state index contributed by atoms with van der Waals surface area (Å²) in [5.74, 6) is -0.588. The van der Waals surface area contributed by atoms with Gasteiger partial charge in [-0.15, -0.1) is 0 Å². The van der Waals surface area contributed by atoms with Gasteiger partial charge in [0.2, 0.25) is 5.82 Å². The highest BCUT2D eigenvalue weighted by molar-refractivity contribution is 5.77. The van der Waals surface area contributed by atoms with Crippen LogP contribution in [0.1, 0.15) is 25.3 Å². The zero-order chi connectivity index (χ0) is 14.9. The molecule has 0 bridgehead atoms. The lowest BCUT2D eigenvalue weighted by atomic mass is 9.84. The first-order valence-corrected chi connectivity index (χ1v) is 6.49. The Kier molecular flexibility index (Phi) is 3.61. The third-order valence-electron chi connectivity index (χ3n) is 3.96. The zero-order valence-corrected chi connectivity index (χ0v) is 11.5. The molecular weight excluding hydrogens is 262 g/mol. The van der Waals surface area contributed by atoms with Gasteiger partial charge in [-0.05, 0) is 25.3 Å². The first-order valence-electron chi connectivity index (χ1n) is 6.49. The monoisotopic (exact) mass is 279 g/mol. The van der Waals surface area contributed by atoms with Gasteiger partial charge >= 0.3 is 11.7 Å². The summed E-state index contributed by atoms with van der Waals surface area (Å²) in [6, 6.07) is 1.47. The second-order valence-corrected chi connectivity index (χ2v) is 5.22. The molecular formula is C13H17N3O4. The number of anilines is 1. The number of hydrogen-bond acceptors (Lipinski definition) is 5. The topological polar surface area (TPSA) is 96.6 Å². The van der Waals surface area contributed by atoms with Crippen molar-refractivity contribution in [1.82, 2.24) is 4.98 Å². The summed E-state index contributed by atoms with van der Waals surface area (Å²) in [7, 11) is 0. The van der Waals surface area contributed by atoms with Crippen LogP contribution in [0.3, 0.4) is 0 Å². The molecule has 1 aromatic rings. The van der Waals surface area contributed by atoms with Crippen LogP contribution in [0.5, 0.6) is 0 Å². The summed E-state index contributed by atoms with van der Waals surface area (Å²) >= 11 is 0. The highest BCUT2D eigenvalue weighted by Crippen LogP contribution is 2.38. The minimum Gasteiger partial charge on any atom is -0.481 e. The molecule has 1 fully saturated rings. The largest absolute Gasteiger partial charge is 0.481 e. The van der Waals surface area contributed by atoms with Crippen LogP contribution in [0.4, 0.5) is 11.5 Å². The number of carboxylic acid groups (broad SMARTS) is 1. The van der Waals surface area contributed by atoms with E-state index in [9.17, 15) is 20.0 Å². The first-order chi connectivity index (χ1) is 9.39. The maximum Gasteiger partial charge on any atom is 0.311 e. The van der Waals surface area contributed by atoms with E-state index in [1.54, 1.807) is 18.0 Å². The molecule has 7 nitrogen and oxygen atoms in total. The molecule has 0 saturated carbocycles. The highest BCUT2D eigenvalue weighted by atomic mass is 16.6. The number of nitrogens with zero attached hydrogens (tertiary/aromatic N) is 3. The van der Waals surface area contributed by atoms with Crippen molar-refractivity contribution >= 4 is 17.5 Å². The van der Waals surface area contributed by atoms with Gasteiger partial charge in [-0.2, -0.15) is 0 Å². The number of pyridine rings is 1. The number of carboxylic acids is 1. The molecule has 1 N–H and O–H groups in total. The van der Waals surface area contributed by atoms with Crippen LogP contribution in [0.25, 0.3) is 0 Å². The second kappa shape index (κ2) is 5.07. The molecule has 20 heavy (non-hydrogen) atoms. The smallest absolute Gasteiger partial charge is 0.311 e. The fourth-order valence-electron chi connectivity index (χ4n) is 2.59. The van der Waals surface area contributed by atoms with E-state index in [4.69, 9.17) is 0 Å². The van der Waals surface area contributed by atoms with Crippen molar-refractivity contribution in [3.8, 4) is 0 Å². The summed E-state index contributed by atoms with van der Waals surface area (Å²) in [5, 5.41) is 20.5. The maximum atomic E-state index is 11.4. The van der Waals surface area contributed by atoms with Crippen molar-refractivity contribution in [3.05, 3.63) is 27.9 Å². The van der Waals surface area contributed by atoms with Crippen molar-refractivity contribution < 1.29 is 14.8 Å². The first kappa shape index (κ1) is 14.2. The van der Waals surface area contributed by atoms with E-state index in [0.717, 1.165) is 0 Å². The lowest BCUT2D eigenvalue weighted by Crippen LogP contribution is -2.34. The van der Waals surface area contributed by atoms with Crippen LogP contribution in [-0.4, -0.2) is 34.1 Å². The fourth-order valence-corrected chi connectivity index (χ4v) is 2.59. The van der Waals surface area contributed by atoms with E-state index in [1.807, 2.05) is 6.92 Å². The van der Waals surface area contributed by atoms with Gasteiger partial charge in [0, 0.05) is 25.4 Å². The Morgan fingerprint density at radius 3 is 2.85 bits per heavy atom. The van der Waals surface area contributed by atoms with E-state index in [0.29, 0.717) is 24.9 Å². The van der Waals surface area contributed by atoms with Gasteiger partial charge in [0.05, 0.1) is 10.3 Å². The molecule has 1 aliphatic rings. The van der Waals surface area contributed by atoms with Gasteiger partial charge in [0.25, 0.3) is 0 Å². The van der Waals surface area contributed by atoms with Crippen molar-refractivity contribution in [2.24, 2.45) is 5.41 Å². The lowest BCUT2D eigenvalue weighted by molar-refractivity contribution is -0.384. The summed E-state index contributed by atoms with van der Waals surface area (Å²) in [6.07, 6.45) is 2.54. The third-order valence-corrected chi connectivity index (χ3v) is 3.96. The normalized spacial score (nSPS) is 22.0. The summed E-state index contributed by atoms with van der Waals surface area (Å²) < 4.78 is 0. The third kappa shape index (κ3) is 2.31. The van der Waals surface area contributed by atoms with Crippen LogP contribution in [0.2, 0.25) is 0 Å². The average molecular weight is 279 g/mol. The van der Waals surface area contributed by atoms with E-state index in [-0.39, 0.29) is 18.1 Å². The van der Waals surface area contributed by atoms with E-state index < -0.39 is 16.3 Å². The van der Waals surface area contributed by atoms with Crippen LogP contribution in [0, 0.1) is 22.5 Å². The van der Waals surface area contributed by atoms with Gasteiger partial charge in [-0.25, -0.2) is 4.98 Å². The Hall–Kier alpha value is -2.18. The summed E-state index contributed by atoms with van der Waals surface area (Å²) in [6.45, 7) is 4.29. The molecule has 108 valence electrons. The van der Waals surface area contributed by atoms with Gasteiger partial charge in [-0.1, -0.05) is 6.92 Å². The van der Waals surface area contributed by atoms with Gasteiger partial charge in [0.1, 0.15) is 0 Å². The van der Waals surface area contributed by atoms with Gasteiger partial charge in [-0.3, -0.25) is 14.9 Å². The van der Waals surface area contributed by atoms with Crippen molar-refractivity contribution in [3.63, 3.8) is 0 Å². The van der Waals surface area contributed by atoms with E-state index in [1.165, 1.54) is 6.07 Å². The number of carbonyl (C=O) groups is 1. The summed E-state index contributed by atoms with van der Waals surface area (Å²) in [5.41, 5.74) is -0.192. The predicted octanol–water partition coefficient (Wildman–Crippen LogP) is 1.99. The Morgan fingerprint density at radius 1 is 1.65 bits per heavy atom. The number of nitro groups is 1. The SMILES string of the molecule is CCC1(C(=O)O)CCN(c2ncc(C)cc2[N+](=O)[O-])C1. The van der Waals surface area contributed by atoms with Crippen molar-refractivity contribution in [1.29, 1.82) is 0 Å². The van der Waals surface area contributed by atoms with Crippen molar-refractivity contribution in [2.45, 2.75) is 26.7 Å². The number of hydrogen-bond donors (Lipinski definition) is 1. The van der Waals surface area contributed by atoms with Crippen LogP contribution >= 0.6 is 0 Å². The number of aromatic nitrogens is 1. The van der Waals surface area contributed by atoms with Crippen LogP contribution < -0.4 is 4.90 Å². The van der Waals surface area contributed by atoms with Gasteiger partial charge < -0.3 is 10.0 Å². The Morgan fingerprint density at radius 2 is 2.35 bits per heavy atom. The Labute approximate surface area is 116 Å². The number of aliphatic carboxylic acids is 1. The Balaban J connectivity index is 2.35. The number of rotatable bonds is 4. The molecule has 1 unspecified atom stereocenters. The fraction of sp³-hybridized carbons (Fsp3) is 0.538. The highest BCUT2D eigenvalue weighted by Gasteiger charge is 2.44. The summed E-state index contributed by atoms with van der Waals surface area (Å²) in [4.78, 5) is 27.9. The molecule has 1 atom stereocenters. The molecule has 0 radical (unpaired) electrons. The molecule has 0 spiro atoms. The number of aryl methyl sites for hydroxylation is 1. The molecule has 7 heteroatoms. The zero-order valence-electron chi connectivity index (χ0n) is 11.5. The molecule has 0 aromatic carbocycles. The van der Waals surface area contributed by atoms with E-state index >= 15 is 0 Å². The molecule has 1 aliphatic heterocycles. The minimum atomic E-state index is -0.850. The quantitative estimate of drug-likeness (QED) is 0.668. The Bertz CT molecular complexity index is 561. The van der Waals surface area contributed by atoms with Crippen LogP contribution in [0.15, 0.2) is 12.3 Å². The van der Waals surface area contributed by atoms with Gasteiger partial charge in [0.15, 0.2) is 0 Å².